The number of hydrogen-bond donors (Lipinski definition) is 2. The predicted molar refractivity (Wildman–Crippen MR) is 103 cm³/mol. The van der Waals surface area contributed by atoms with Crippen LogP contribution in [0.5, 0.6) is 0 Å². The number of aryl methyl sites for hydroxylation is 1. The molecule has 4 heteroatoms. The third-order valence-electron chi connectivity index (χ3n) is 6.87. The molecule has 0 saturated heterocycles. The fourth-order valence-electron chi connectivity index (χ4n) is 5.90. The maximum absolute atomic E-state index is 11.2. The molecule has 0 spiro atoms. The molecule has 3 aliphatic rings. The average Bonchev–Trinajstić information content (AvgIpc) is 3.23. The molecule has 0 unspecified atom stereocenters. The molecule has 2 fully saturated rings. The molecule has 0 amide bonds. The highest BCUT2D eigenvalue weighted by molar-refractivity contribution is 6.30. The molecule has 0 radical (unpaired) electrons. The standard InChI is InChI=1S/C22H22ClNO2/c1-11-8-16(23)10-17-18-14-6-7-15(9-14)19(18)21(24-20(11)17)12-2-4-13(5-3-12)22(25)26/h2-5,8,10,14-15,18-19,21,24H,6-7,9H2,1H3,(H,25,26)/t14-,15-,18-,19+,21+/m0/s1. The minimum atomic E-state index is -0.873. The van der Waals surface area contributed by atoms with Crippen LogP contribution in [0.4, 0.5) is 5.69 Å². The first-order valence-corrected chi connectivity index (χ1v) is 9.80. The fourth-order valence-corrected chi connectivity index (χ4v) is 6.18. The van der Waals surface area contributed by atoms with Gasteiger partial charge in [-0.1, -0.05) is 23.7 Å². The Labute approximate surface area is 158 Å². The van der Waals surface area contributed by atoms with Crippen molar-refractivity contribution < 1.29 is 9.90 Å². The zero-order valence-corrected chi connectivity index (χ0v) is 15.5. The van der Waals surface area contributed by atoms with Gasteiger partial charge in [-0.2, -0.15) is 0 Å². The Hall–Kier alpha value is -2.00. The van der Waals surface area contributed by atoms with Crippen molar-refractivity contribution in [3.63, 3.8) is 0 Å². The van der Waals surface area contributed by atoms with E-state index in [1.807, 2.05) is 18.2 Å². The molecule has 2 aromatic carbocycles. The molecule has 2 aromatic rings. The number of rotatable bonds is 2. The lowest BCUT2D eigenvalue weighted by molar-refractivity contribution is 0.0697. The van der Waals surface area contributed by atoms with E-state index in [1.165, 1.54) is 41.6 Å². The van der Waals surface area contributed by atoms with Crippen LogP contribution in [-0.2, 0) is 0 Å². The number of carboxylic acid groups (broad SMARTS) is 1. The quantitative estimate of drug-likeness (QED) is 0.721. The number of nitrogens with one attached hydrogen (secondary N) is 1. The largest absolute Gasteiger partial charge is 0.478 e. The van der Waals surface area contributed by atoms with Gasteiger partial charge in [-0.15, -0.1) is 0 Å². The number of carboxylic acids is 1. The van der Waals surface area contributed by atoms with Gasteiger partial charge in [-0.25, -0.2) is 4.79 Å². The fraction of sp³-hybridized carbons (Fsp3) is 0.409. The molecule has 5 rings (SSSR count). The summed E-state index contributed by atoms with van der Waals surface area (Å²) in [6.07, 6.45) is 3.94. The Morgan fingerprint density at radius 1 is 1.15 bits per heavy atom. The molecular weight excluding hydrogens is 346 g/mol. The Balaban J connectivity index is 1.61. The van der Waals surface area contributed by atoms with Gasteiger partial charge in [0.25, 0.3) is 0 Å². The first kappa shape index (κ1) is 16.2. The first-order valence-electron chi connectivity index (χ1n) is 9.43. The first-order chi connectivity index (χ1) is 12.5. The number of hydrogen-bond acceptors (Lipinski definition) is 2. The molecule has 1 heterocycles. The highest BCUT2D eigenvalue weighted by atomic mass is 35.5. The second-order valence-electron chi connectivity index (χ2n) is 8.17. The molecule has 2 bridgehead atoms. The van der Waals surface area contributed by atoms with E-state index in [0.717, 1.165) is 16.9 Å². The molecule has 2 saturated carbocycles. The Kier molecular flexibility index (Phi) is 3.58. The third kappa shape index (κ3) is 2.30. The van der Waals surface area contributed by atoms with Gasteiger partial charge >= 0.3 is 5.97 Å². The predicted octanol–water partition coefficient (Wildman–Crippen LogP) is 5.64. The number of carbonyl (C=O) groups is 1. The molecule has 134 valence electrons. The van der Waals surface area contributed by atoms with Crippen molar-refractivity contribution in [2.24, 2.45) is 17.8 Å². The Bertz CT molecular complexity index is 892. The van der Waals surface area contributed by atoms with Crippen LogP contribution < -0.4 is 5.32 Å². The van der Waals surface area contributed by atoms with Gasteiger partial charge in [0.1, 0.15) is 0 Å². The molecule has 2 N–H and O–H groups in total. The summed E-state index contributed by atoms with van der Waals surface area (Å²) in [7, 11) is 0. The van der Waals surface area contributed by atoms with Gasteiger partial charge in [0.05, 0.1) is 11.6 Å². The van der Waals surface area contributed by atoms with Crippen molar-refractivity contribution in [1.82, 2.24) is 0 Å². The lowest BCUT2D eigenvalue weighted by atomic mass is 9.67. The lowest BCUT2D eigenvalue weighted by Crippen LogP contribution is -2.35. The summed E-state index contributed by atoms with van der Waals surface area (Å²) in [6, 6.07) is 11.9. The molecule has 1 aliphatic heterocycles. The van der Waals surface area contributed by atoms with Crippen LogP contribution in [0.2, 0.25) is 5.02 Å². The van der Waals surface area contributed by atoms with Crippen LogP contribution in [0.3, 0.4) is 0 Å². The summed E-state index contributed by atoms with van der Waals surface area (Å²) in [5.41, 5.74) is 5.36. The maximum Gasteiger partial charge on any atom is 0.335 e. The van der Waals surface area contributed by atoms with E-state index in [0.29, 0.717) is 17.4 Å². The lowest BCUT2D eigenvalue weighted by Gasteiger charge is -2.44. The van der Waals surface area contributed by atoms with Gasteiger partial charge in [0.15, 0.2) is 0 Å². The van der Waals surface area contributed by atoms with E-state index in [2.05, 4.69) is 18.3 Å². The summed E-state index contributed by atoms with van der Waals surface area (Å²) < 4.78 is 0. The van der Waals surface area contributed by atoms with Crippen LogP contribution in [0.25, 0.3) is 0 Å². The van der Waals surface area contributed by atoms with Gasteiger partial charge in [-0.05, 0) is 90.8 Å². The van der Waals surface area contributed by atoms with E-state index in [-0.39, 0.29) is 6.04 Å². The van der Waals surface area contributed by atoms with Crippen LogP contribution >= 0.6 is 11.6 Å². The topological polar surface area (TPSA) is 49.3 Å². The van der Waals surface area contributed by atoms with Crippen LogP contribution in [0.15, 0.2) is 36.4 Å². The van der Waals surface area contributed by atoms with Crippen molar-refractivity contribution in [2.45, 2.75) is 38.1 Å². The van der Waals surface area contributed by atoms with Crippen LogP contribution in [-0.4, -0.2) is 11.1 Å². The minimum Gasteiger partial charge on any atom is -0.478 e. The Morgan fingerprint density at radius 3 is 2.62 bits per heavy atom. The SMILES string of the molecule is Cc1cc(Cl)cc2c1N[C@H](c1ccc(C(=O)O)cc1)[C@@H]1[C@H]3CC[C@@H](C3)[C@@H]21. The van der Waals surface area contributed by atoms with Crippen molar-refractivity contribution in [3.8, 4) is 0 Å². The second kappa shape index (κ2) is 5.75. The van der Waals surface area contributed by atoms with Gasteiger partial charge in [0.2, 0.25) is 0 Å². The monoisotopic (exact) mass is 367 g/mol. The number of anilines is 1. The van der Waals surface area contributed by atoms with Crippen LogP contribution in [0, 0.1) is 24.7 Å². The number of aromatic carboxylic acids is 1. The molecule has 2 aliphatic carbocycles. The van der Waals surface area contributed by atoms with Crippen molar-refractivity contribution >= 4 is 23.3 Å². The highest BCUT2D eigenvalue weighted by Gasteiger charge is 2.54. The van der Waals surface area contributed by atoms with Crippen LogP contribution in [0.1, 0.15) is 58.3 Å². The number of benzene rings is 2. The van der Waals surface area contributed by atoms with E-state index in [1.54, 1.807) is 12.1 Å². The van der Waals surface area contributed by atoms with E-state index >= 15 is 0 Å². The summed E-state index contributed by atoms with van der Waals surface area (Å²) in [6.45, 7) is 2.12. The zero-order chi connectivity index (χ0) is 18.0. The molecule has 3 nitrogen and oxygen atoms in total. The van der Waals surface area contributed by atoms with Gasteiger partial charge in [0, 0.05) is 10.7 Å². The summed E-state index contributed by atoms with van der Waals surface area (Å²) in [5, 5.41) is 13.8. The highest BCUT2D eigenvalue weighted by Crippen LogP contribution is 2.64. The summed E-state index contributed by atoms with van der Waals surface area (Å²) >= 11 is 6.39. The van der Waals surface area contributed by atoms with E-state index in [9.17, 15) is 9.90 Å². The molecule has 0 aromatic heterocycles. The smallest absolute Gasteiger partial charge is 0.335 e. The molecule has 5 atom stereocenters. The Morgan fingerprint density at radius 2 is 1.88 bits per heavy atom. The van der Waals surface area contributed by atoms with Gasteiger partial charge in [-0.3, -0.25) is 0 Å². The molecule has 26 heavy (non-hydrogen) atoms. The summed E-state index contributed by atoms with van der Waals surface area (Å²) in [5.74, 6) is 1.75. The van der Waals surface area contributed by atoms with Crippen molar-refractivity contribution in [1.29, 1.82) is 0 Å². The normalized spacial score (nSPS) is 31.2. The van der Waals surface area contributed by atoms with Gasteiger partial charge < -0.3 is 10.4 Å². The minimum absolute atomic E-state index is 0.241. The van der Waals surface area contributed by atoms with Crippen molar-refractivity contribution in [3.05, 3.63) is 63.7 Å². The second-order valence-corrected chi connectivity index (χ2v) is 8.61. The summed E-state index contributed by atoms with van der Waals surface area (Å²) in [4.78, 5) is 11.2. The average molecular weight is 368 g/mol. The van der Waals surface area contributed by atoms with Crippen molar-refractivity contribution in [2.75, 3.05) is 5.32 Å². The maximum atomic E-state index is 11.2. The third-order valence-corrected chi connectivity index (χ3v) is 7.09. The number of halogens is 1. The van der Waals surface area contributed by atoms with E-state index in [4.69, 9.17) is 11.6 Å². The zero-order valence-electron chi connectivity index (χ0n) is 14.7. The number of fused-ring (bicyclic) bond motifs is 7. The van der Waals surface area contributed by atoms with E-state index < -0.39 is 5.97 Å². The molecular formula is C22H22ClNO2.